The summed E-state index contributed by atoms with van der Waals surface area (Å²) in [5, 5.41) is 5.68. The first-order chi connectivity index (χ1) is 7.87. The van der Waals surface area contributed by atoms with Crippen LogP contribution in [0.15, 0.2) is 0 Å². The quantitative estimate of drug-likeness (QED) is 0.596. The molecule has 0 radical (unpaired) electrons. The zero-order valence-electron chi connectivity index (χ0n) is 10.3. The van der Waals surface area contributed by atoms with Crippen molar-refractivity contribution in [2.75, 3.05) is 38.3 Å². The number of carbonyl (C=O) groups is 1. The highest BCUT2D eigenvalue weighted by molar-refractivity contribution is 7.91. The molecule has 1 amide bonds. The molecule has 0 aliphatic carbocycles. The molecule has 0 spiro atoms. The first kappa shape index (κ1) is 14.4. The Balaban J connectivity index is 2.29. The molecule has 0 aromatic carbocycles. The topological polar surface area (TPSA) is 84.5 Å². The van der Waals surface area contributed by atoms with Gasteiger partial charge in [-0.15, -0.1) is 0 Å². The van der Waals surface area contributed by atoms with Gasteiger partial charge in [0.25, 0.3) is 0 Å². The SMILES string of the molecule is COCCNC(=O)CNC1(C)CCS(=O)(=O)C1. The molecule has 1 atom stereocenters. The average molecular weight is 264 g/mol. The number of carbonyl (C=O) groups excluding carboxylic acids is 1. The second-order valence-corrected chi connectivity index (χ2v) is 6.78. The second-order valence-electron chi connectivity index (χ2n) is 4.60. The first-order valence-electron chi connectivity index (χ1n) is 5.58. The predicted octanol–water partition coefficient (Wildman–Crippen LogP) is -1.08. The molecule has 17 heavy (non-hydrogen) atoms. The van der Waals surface area contributed by atoms with Gasteiger partial charge in [0, 0.05) is 19.2 Å². The molecule has 0 saturated carbocycles. The summed E-state index contributed by atoms with van der Waals surface area (Å²) in [7, 11) is -1.37. The van der Waals surface area contributed by atoms with E-state index in [0.29, 0.717) is 19.6 Å². The second kappa shape index (κ2) is 5.79. The van der Waals surface area contributed by atoms with Gasteiger partial charge in [0.05, 0.1) is 24.7 Å². The van der Waals surface area contributed by atoms with E-state index in [2.05, 4.69) is 10.6 Å². The minimum Gasteiger partial charge on any atom is -0.383 e. The van der Waals surface area contributed by atoms with Gasteiger partial charge in [-0.25, -0.2) is 8.42 Å². The predicted molar refractivity (Wildman–Crippen MR) is 64.6 cm³/mol. The van der Waals surface area contributed by atoms with Gasteiger partial charge < -0.3 is 15.4 Å². The summed E-state index contributed by atoms with van der Waals surface area (Å²) in [5.41, 5.74) is -0.475. The van der Waals surface area contributed by atoms with Crippen LogP contribution in [0, 0.1) is 0 Å². The van der Waals surface area contributed by atoms with Gasteiger partial charge in [-0.1, -0.05) is 0 Å². The van der Waals surface area contributed by atoms with Crippen LogP contribution in [-0.4, -0.2) is 58.2 Å². The molecule has 1 unspecified atom stereocenters. The van der Waals surface area contributed by atoms with Gasteiger partial charge in [0.2, 0.25) is 5.91 Å². The van der Waals surface area contributed by atoms with Gasteiger partial charge in [0.1, 0.15) is 0 Å². The third-order valence-electron chi connectivity index (χ3n) is 2.81. The summed E-state index contributed by atoms with van der Waals surface area (Å²) in [6.45, 7) is 2.90. The summed E-state index contributed by atoms with van der Waals surface area (Å²) in [6, 6.07) is 0. The molecule has 1 saturated heterocycles. The number of hydrogen-bond acceptors (Lipinski definition) is 5. The minimum atomic E-state index is -2.94. The molecule has 6 nitrogen and oxygen atoms in total. The molecule has 2 N–H and O–H groups in total. The van der Waals surface area contributed by atoms with Crippen LogP contribution in [-0.2, 0) is 19.4 Å². The van der Waals surface area contributed by atoms with Crippen LogP contribution in [0.25, 0.3) is 0 Å². The fraction of sp³-hybridized carbons (Fsp3) is 0.900. The van der Waals surface area contributed by atoms with Gasteiger partial charge in [0.15, 0.2) is 9.84 Å². The van der Waals surface area contributed by atoms with Gasteiger partial charge in [-0.3, -0.25) is 4.79 Å². The molecular formula is C10H20N2O4S. The Kier molecular flexibility index (Phi) is 4.91. The van der Waals surface area contributed by atoms with Crippen LogP contribution in [0.1, 0.15) is 13.3 Å². The molecule has 1 rings (SSSR count). The number of amides is 1. The summed E-state index contributed by atoms with van der Waals surface area (Å²) in [6.07, 6.45) is 0.556. The van der Waals surface area contributed by atoms with E-state index in [-0.39, 0.29) is 24.0 Å². The van der Waals surface area contributed by atoms with Crippen molar-refractivity contribution in [1.82, 2.24) is 10.6 Å². The lowest BCUT2D eigenvalue weighted by molar-refractivity contribution is -0.120. The molecule has 1 heterocycles. The lowest BCUT2D eigenvalue weighted by Gasteiger charge is -2.23. The molecule has 0 bridgehead atoms. The molecule has 100 valence electrons. The highest BCUT2D eigenvalue weighted by Gasteiger charge is 2.38. The molecular weight excluding hydrogens is 244 g/mol. The van der Waals surface area contributed by atoms with Crippen molar-refractivity contribution < 1.29 is 17.9 Å². The average Bonchev–Trinajstić information content (AvgIpc) is 2.52. The van der Waals surface area contributed by atoms with Crippen LogP contribution in [0.5, 0.6) is 0 Å². The Morgan fingerprint density at radius 2 is 2.18 bits per heavy atom. The van der Waals surface area contributed by atoms with E-state index in [9.17, 15) is 13.2 Å². The molecule has 7 heteroatoms. The van der Waals surface area contributed by atoms with E-state index in [4.69, 9.17) is 4.74 Å². The lowest BCUT2D eigenvalue weighted by atomic mass is 10.0. The van der Waals surface area contributed by atoms with Crippen molar-refractivity contribution in [1.29, 1.82) is 0 Å². The third kappa shape index (κ3) is 5.01. The van der Waals surface area contributed by atoms with E-state index < -0.39 is 15.4 Å². The Hall–Kier alpha value is -0.660. The maximum atomic E-state index is 11.4. The van der Waals surface area contributed by atoms with Crippen molar-refractivity contribution in [3.05, 3.63) is 0 Å². The van der Waals surface area contributed by atoms with Crippen LogP contribution >= 0.6 is 0 Å². The zero-order valence-corrected chi connectivity index (χ0v) is 11.1. The number of nitrogens with one attached hydrogen (secondary N) is 2. The van der Waals surface area contributed by atoms with E-state index in [1.807, 2.05) is 6.92 Å². The summed E-state index contributed by atoms with van der Waals surface area (Å²) in [5.74, 6) is 0.153. The maximum Gasteiger partial charge on any atom is 0.234 e. The number of ether oxygens (including phenoxy) is 1. The molecule has 0 aromatic heterocycles. The minimum absolute atomic E-state index is 0.103. The number of hydrogen-bond donors (Lipinski definition) is 2. The molecule has 1 aliphatic heterocycles. The summed E-state index contributed by atoms with van der Waals surface area (Å²) < 4.78 is 27.5. The van der Waals surface area contributed by atoms with Crippen LogP contribution in [0.3, 0.4) is 0 Å². The Labute approximate surface area is 102 Å². The molecule has 1 fully saturated rings. The normalized spacial score (nSPS) is 26.9. The molecule has 0 aromatic rings. The summed E-state index contributed by atoms with van der Waals surface area (Å²) in [4.78, 5) is 11.4. The van der Waals surface area contributed by atoms with Crippen LogP contribution in [0.4, 0.5) is 0 Å². The van der Waals surface area contributed by atoms with Crippen molar-refractivity contribution >= 4 is 15.7 Å². The third-order valence-corrected chi connectivity index (χ3v) is 4.71. The van der Waals surface area contributed by atoms with E-state index in [1.54, 1.807) is 7.11 Å². The smallest absolute Gasteiger partial charge is 0.234 e. The van der Waals surface area contributed by atoms with Crippen molar-refractivity contribution in [2.45, 2.75) is 18.9 Å². The number of sulfone groups is 1. The Morgan fingerprint density at radius 1 is 1.47 bits per heavy atom. The lowest BCUT2D eigenvalue weighted by Crippen LogP contribution is -2.48. The highest BCUT2D eigenvalue weighted by Crippen LogP contribution is 2.22. The summed E-state index contributed by atoms with van der Waals surface area (Å²) >= 11 is 0. The van der Waals surface area contributed by atoms with Gasteiger partial charge in [-0.05, 0) is 13.3 Å². The standard InChI is InChI=1S/C10H20N2O4S/c1-10(3-6-17(14,15)8-10)12-7-9(13)11-4-5-16-2/h12H,3-8H2,1-2H3,(H,11,13). The Morgan fingerprint density at radius 3 is 2.71 bits per heavy atom. The fourth-order valence-electron chi connectivity index (χ4n) is 1.80. The maximum absolute atomic E-state index is 11.4. The van der Waals surface area contributed by atoms with Crippen LogP contribution in [0.2, 0.25) is 0 Å². The molecule has 1 aliphatic rings. The first-order valence-corrected chi connectivity index (χ1v) is 7.40. The van der Waals surface area contributed by atoms with E-state index >= 15 is 0 Å². The van der Waals surface area contributed by atoms with E-state index in [1.165, 1.54) is 0 Å². The zero-order chi connectivity index (χ0) is 12.9. The van der Waals surface area contributed by atoms with Crippen molar-refractivity contribution in [2.24, 2.45) is 0 Å². The monoisotopic (exact) mass is 264 g/mol. The highest BCUT2D eigenvalue weighted by atomic mass is 32.2. The van der Waals surface area contributed by atoms with Gasteiger partial charge in [-0.2, -0.15) is 0 Å². The van der Waals surface area contributed by atoms with Gasteiger partial charge >= 0.3 is 0 Å². The number of methoxy groups -OCH3 is 1. The Bertz CT molecular complexity index is 369. The van der Waals surface area contributed by atoms with Crippen molar-refractivity contribution in [3.63, 3.8) is 0 Å². The largest absolute Gasteiger partial charge is 0.383 e. The van der Waals surface area contributed by atoms with E-state index in [0.717, 1.165) is 0 Å². The number of rotatable bonds is 6. The van der Waals surface area contributed by atoms with Crippen molar-refractivity contribution in [3.8, 4) is 0 Å². The van der Waals surface area contributed by atoms with Crippen LogP contribution < -0.4 is 10.6 Å². The fourth-order valence-corrected chi connectivity index (χ4v) is 3.92.